The molecule has 1 heterocycles. The Morgan fingerprint density at radius 3 is 2.69 bits per heavy atom. The van der Waals surface area contributed by atoms with Crippen LogP contribution in [0.25, 0.3) is 0 Å². The second kappa shape index (κ2) is 3.96. The molecule has 0 aliphatic carbocycles. The first-order valence-electron chi connectivity index (χ1n) is 5.27. The van der Waals surface area contributed by atoms with Gasteiger partial charge in [0.2, 0.25) is 11.8 Å². The zero-order valence-corrected chi connectivity index (χ0v) is 9.41. The van der Waals surface area contributed by atoms with Gasteiger partial charge in [-0.05, 0) is 18.1 Å². The Labute approximate surface area is 94.2 Å². The highest BCUT2D eigenvalue weighted by Crippen LogP contribution is 2.35. The summed E-state index contributed by atoms with van der Waals surface area (Å²) in [4.78, 5) is 24.2. The molecule has 0 unspecified atom stereocenters. The summed E-state index contributed by atoms with van der Waals surface area (Å²) in [7, 11) is 0. The van der Waals surface area contributed by atoms with Crippen LogP contribution in [0.5, 0.6) is 0 Å². The van der Waals surface area contributed by atoms with Crippen molar-refractivity contribution in [2.45, 2.75) is 20.3 Å². The van der Waals surface area contributed by atoms with E-state index < -0.39 is 0 Å². The van der Waals surface area contributed by atoms with Gasteiger partial charge in [-0.25, -0.2) is 0 Å². The van der Waals surface area contributed by atoms with Crippen molar-refractivity contribution in [1.29, 1.82) is 0 Å². The van der Waals surface area contributed by atoms with E-state index >= 15 is 0 Å². The number of nitrogens with one attached hydrogen (secondary N) is 1. The third-order valence-electron chi connectivity index (χ3n) is 2.69. The fourth-order valence-corrected chi connectivity index (χ4v) is 2.06. The van der Waals surface area contributed by atoms with Crippen LogP contribution in [0.2, 0.25) is 0 Å². The van der Waals surface area contributed by atoms with E-state index in [1.54, 1.807) is 11.8 Å². The number of hydrogen-bond donors (Lipinski definition) is 1. The first kappa shape index (κ1) is 10.7. The molecule has 1 aromatic rings. The van der Waals surface area contributed by atoms with Crippen molar-refractivity contribution in [1.82, 2.24) is 0 Å². The summed E-state index contributed by atoms with van der Waals surface area (Å²) in [6.45, 7) is 3.70. The first-order chi connectivity index (χ1) is 7.59. The third-order valence-corrected chi connectivity index (χ3v) is 2.69. The highest BCUT2D eigenvalue weighted by Gasteiger charge is 2.25. The highest BCUT2D eigenvalue weighted by atomic mass is 16.2. The van der Waals surface area contributed by atoms with Crippen LogP contribution in [-0.4, -0.2) is 18.4 Å². The monoisotopic (exact) mass is 218 g/mol. The van der Waals surface area contributed by atoms with Crippen LogP contribution in [-0.2, 0) is 16.0 Å². The third kappa shape index (κ3) is 1.78. The molecule has 2 amide bonds. The zero-order valence-electron chi connectivity index (χ0n) is 9.41. The smallest absolute Gasteiger partial charge is 0.223 e. The minimum absolute atomic E-state index is 0.0107. The average Bonchev–Trinajstić information content (AvgIpc) is 2.61. The highest BCUT2D eigenvalue weighted by molar-refractivity contribution is 6.01. The molecule has 4 heteroatoms. The summed E-state index contributed by atoms with van der Waals surface area (Å²) in [5.41, 5.74) is 2.68. The van der Waals surface area contributed by atoms with Crippen molar-refractivity contribution in [2.24, 2.45) is 0 Å². The molecule has 0 saturated heterocycles. The van der Waals surface area contributed by atoms with Gasteiger partial charge in [-0.15, -0.1) is 0 Å². The van der Waals surface area contributed by atoms with Crippen LogP contribution in [0.3, 0.4) is 0 Å². The van der Waals surface area contributed by atoms with Gasteiger partial charge in [0.1, 0.15) is 0 Å². The van der Waals surface area contributed by atoms with Gasteiger partial charge in [0.15, 0.2) is 0 Å². The molecule has 2 rings (SSSR count). The standard InChI is InChI=1S/C12H14N2O2/c1-8(15)13-11-5-3-4-10-6-7-14(9(2)16)12(10)11/h3-5H,6-7H2,1-2H3,(H,13,15). The number of fused-ring (bicyclic) bond motifs is 1. The predicted octanol–water partition coefficient (Wildman–Crippen LogP) is 1.55. The number of anilines is 2. The fourth-order valence-electron chi connectivity index (χ4n) is 2.06. The molecule has 1 aromatic carbocycles. The maximum atomic E-state index is 11.5. The molecule has 0 bridgehead atoms. The molecular formula is C12H14N2O2. The van der Waals surface area contributed by atoms with Crippen LogP contribution >= 0.6 is 0 Å². The number of carbonyl (C=O) groups excluding carboxylic acids is 2. The Kier molecular flexibility index (Phi) is 2.64. The lowest BCUT2D eigenvalue weighted by Crippen LogP contribution is -2.26. The minimum atomic E-state index is -0.121. The molecule has 0 aromatic heterocycles. The van der Waals surface area contributed by atoms with Crippen molar-refractivity contribution in [3.8, 4) is 0 Å². The molecule has 1 aliphatic heterocycles. The molecule has 1 aliphatic rings. The Morgan fingerprint density at radius 2 is 2.06 bits per heavy atom. The van der Waals surface area contributed by atoms with E-state index in [1.165, 1.54) is 6.92 Å². The summed E-state index contributed by atoms with van der Waals surface area (Å²) < 4.78 is 0. The van der Waals surface area contributed by atoms with Gasteiger partial charge in [0, 0.05) is 20.4 Å². The molecule has 1 N–H and O–H groups in total. The molecule has 4 nitrogen and oxygen atoms in total. The first-order valence-corrected chi connectivity index (χ1v) is 5.27. The van der Waals surface area contributed by atoms with Gasteiger partial charge < -0.3 is 10.2 Å². The van der Waals surface area contributed by atoms with Crippen molar-refractivity contribution in [2.75, 3.05) is 16.8 Å². The van der Waals surface area contributed by atoms with Gasteiger partial charge in [-0.1, -0.05) is 12.1 Å². The normalized spacial score (nSPS) is 13.5. The number of amides is 2. The topological polar surface area (TPSA) is 49.4 Å². The SMILES string of the molecule is CC(=O)Nc1cccc2c1N(C(C)=O)CC2. The molecule has 0 fully saturated rings. The number of nitrogens with zero attached hydrogens (tertiary/aromatic N) is 1. The lowest BCUT2D eigenvalue weighted by Gasteiger charge is -2.18. The molecule has 0 saturated carbocycles. The van der Waals surface area contributed by atoms with Crippen LogP contribution in [0.15, 0.2) is 18.2 Å². The summed E-state index contributed by atoms with van der Waals surface area (Å²) in [6, 6.07) is 5.71. The Morgan fingerprint density at radius 1 is 1.31 bits per heavy atom. The number of hydrogen-bond acceptors (Lipinski definition) is 2. The van der Waals surface area contributed by atoms with Gasteiger partial charge >= 0.3 is 0 Å². The number of carbonyl (C=O) groups is 2. The van der Waals surface area contributed by atoms with E-state index in [0.29, 0.717) is 6.54 Å². The van der Waals surface area contributed by atoms with Gasteiger partial charge in [-0.2, -0.15) is 0 Å². The number of para-hydroxylation sites is 1. The number of benzene rings is 1. The molecule has 0 radical (unpaired) electrons. The van der Waals surface area contributed by atoms with E-state index in [0.717, 1.165) is 23.4 Å². The van der Waals surface area contributed by atoms with Gasteiger partial charge in [0.25, 0.3) is 0 Å². The number of rotatable bonds is 1. The van der Waals surface area contributed by atoms with Crippen molar-refractivity contribution >= 4 is 23.2 Å². The Bertz CT molecular complexity index is 454. The second-order valence-electron chi connectivity index (χ2n) is 3.92. The van der Waals surface area contributed by atoms with Gasteiger partial charge in [0.05, 0.1) is 11.4 Å². The summed E-state index contributed by atoms with van der Waals surface area (Å²) in [6.07, 6.45) is 0.850. The molecule has 0 spiro atoms. The van der Waals surface area contributed by atoms with E-state index in [1.807, 2.05) is 18.2 Å². The Balaban J connectivity index is 2.45. The van der Waals surface area contributed by atoms with E-state index in [2.05, 4.69) is 5.32 Å². The lowest BCUT2D eigenvalue weighted by molar-refractivity contribution is -0.116. The summed E-state index contributed by atoms with van der Waals surface area (Å²) in [5.74, 6) is -0.111. The maximum Gasteiger partial charge on any atom is 0.223 e. The largest absolute Gasteiger partial charge is 0.325 e. The van der Waals surface area contributed by atoms with Crippen molar-refractivity contribution < 1.29 is 9.59 Å². The minimum Gasteiger partial charge on any atom is -0.325 e. The van der Waals surface area contributed by atoms with Crippen LogP contribution < -0.4 is 10.2 Å². The fraction of sp³-hybridized carbons (Fsp3) is 0.333. The summed E-state index contributed by atoms with van der Waals surface area (Å²) >= 11 is 0. The maximum absolute atomic E-state index is 11.5. The van der Waals surface area contributed by atoms with E-state index in [4.69, 9.17) is 0 Å². The van der Waals surface area contributed by atoms with Gasteiger partial charge in [-0.3, -0.25) is 9.59 Å². The molecular weight excluding hydrogens is 204 g/mol. The van der Waals surface area contributed by atoms with Crippen LogP contribution in [0.4, 0.5) is 11.4 Å². The molecule has 16 heavy (non-hydrogen) atoms. The second-order valence-corrected chi connectivity index (χ2v) is 3.92. The quantitative estimate of drug-likeness (QED) is 0.777. The Hall–Kier alpha value is -1.84. The average molecular weight is 218 g/mol. The van der Waals surface area contributed by atoms with Crippen LogP contribution in [0, 0.1) is 0 Å². The molecule has 84 valence electrons. The lowest BCUT2D eigenvalue weighted by atomic mass is 10.1. The molecule has 0 atom stereocenters. The predicted molar refractivity (Wildman–Crippen MR) is 62.5 cm³/mol. The van der Waals surface area contributed by atoms with Crippen molar-refractivity contribution in [3.05, 3.63) is 23.8 Å². The zero-order chi connectivity index (χ0) is 11.7. The van der Waals surface area contributed by atoms with E-state index in [-0.39, 0.29) is 11.8 Å². The summed E-state index contributed by atoms with van der Waals surface area (Å²) in [5, 5.41) is 2.76. The van der Waals surface area contributed by atoms with Crippen LogP contribution in [0.1, 0.15) is 19.4 Å². The van der Waals surface area contributed by atoms with E-state index in [9.17, 15) is 9.59 Å². The van der Waals surface area contributed by atoms with Crippen molar-refractivity contribution in [3.63, 3.8) is 0 Å².